The van der Waals surface area contributed by atoms with Gasteiger partial charge in [0.05, 0.1) is 18.7 Å². The van der Waals surface area contributed by atoms with Gasteiger partial charge in [-0.15, -0.1) is 0 Å². The van der Waals surface area contributed by atoms with Crippen molar-refractivity contribution in [2.75, 3.05) is 20.8 Å². The van der Waals surface area contributed by atoms with Crippen LogP contribution in [0.1, 0.15) is 37.9 Å². The van der Waals surface area contributed by atoms with Crippen molar-refractivity contribution in [2.24, 2.45) is 5.92 Å². The average molecular weight is 314 g/mol. The fourth-order valence-electron chi connectivity index (χ4n) is 3.57. The topological polar surface area (TPSA) is 43.4 Å². The van der Waals surface area contributed by atoms with Gasteiger partial charge in [-0.2, -0.15) is 0 Å². The van der Waals surface area contributed by atoms with E-state index in [9.17, 15) is 0 Å². The number of fused-ring (bicyclic) bond motifs is 1. The minimum Gasteiger partial charge on any atom is -0.497 e. The van der Waals surface area contributed by atoms with E-state index in [-0.39, 0.29) is 6.10 Å². The van der Waals surface area contributed by atoms with Gasteiger partial charge >= 0.3 is 0 Å². The molecule has 1 aromatic heterocycles. The molecule has 1 saturated heterocycles. The highest BCUT2D eigenvalue weighted by Gasteiger charge is 2.28. The second kappa shape index (κ2) is 7.28. The maximum atomic E-state index is 5.90. The normalized spacial score (nSPS) is 22.9. The van der Waals surface area contributed by atoms with E-state index in [2.05, 4.69) is 29.4 Å². The van der Waals surface area contributed by atoms with Crippen LogP contribution in [0.5, 0.6) is 5.75 Å². The summed E-state index contributed by atoms with van der Waals surface area (Å²) in [5.41, 5.74) is 2.16. The van der Waals surface area contributed by atoms with Crippen LogP contribution in [0.4, 0.5) is 0 Å². The molecule has 1 aliphatic heterocycles. The van der Waals surface area contributed by atoms with Crippen molar-refractivity contribution >= 4 is 10.9 Å². The standard InChI is InChI=1S/C19H26N2O2/c1-4-13-5-7-18(21-12-13)19(23-3)15-9-10-20-17-8-6-14(22-2)11-16(15)17/h6,8-11,13,18-19,21H,4-5,7,12H2,1-3H3/t13-,18+,19-/m1/s1. The molecule has 0 radical (unpaired) electrons. The maximum absolute atomic E-state index is 5.90. The van der Waals surface area contributed by atoms with Gasteiger partial charge in [0.15, 0.2) is 0 Å². The fourth-order valence-corrected chi connectivity index (χ4v) is 3.57. The first kappa shape index (κ1) is 16.2. The van der Waals surface area contributed by atoms with E-state index < -0.39 is 0 Å². The van der Waals surface area contributed by atoms with Crippen molar-refractivity contribution in [3.8, 4) is 5.75 Å². The van der Waals surface area contributed by atoms with E-state index in [1.165, 1.54) is 18.4 Å². The Morgan fingerprint density at radius 3 is 2.78 bits per heavy atom. The second-order valence-corrected chi connectivity index (χ2v) is 6.31. The van der Waals surface area contributed by atoms with Gasteiger partial charge in [-0.05, 0) is 55.1 Å². The molecule has 2 heterocycles. The molecule has 1 fully saturated rings. The van der Waals surface area contributed by atoms with Crippen molar-refractivity contribution in [1.29, 1.82) is 0 Å². The summed E-state index contributed by atoms with van der Waals surface area (Å²) >= 11 is 0. The summed E-state index contributed by atoms with van der Waals surface area (Å²) in [6.07, 6.45) is 5.55. The number of piperidine rings is 1. The van der Waals surface area contributed by atoms with Crippen molar-refractivity contribution in [3.63, 3.8) is 0 Å². The predicted octanol–water partition coefficient (Wildman–Crippen LogP) is 3.71. The van der Waals surface area contributed by atoms with E-state index in [4.69, 9.17) is 9.47 Å². The summed E-state index contributed by atoms with van der Waals surface area (Å²) in [5, 5.41) is 4.80. The van der Waals surface area contributed by atoms with Crippen LogP contribution in [0.25, 0.3) is 10.9 Å². The number of ether oxygens (including phenoxy) is 2. The molecule has 1 aliphatic rings. The van der Waals surface area contributed by atoms with Crippen LogP contribution in [0.3, 0.4) is 0 Å². The van der Waals surface area contributed by atoms with E-state index >= 15 is 0 Å². The lowest BCUT2D eigenvalue weighted by Crippen LogP contribution is -2.43. The Labute approximate surface area is 138 Å². The van der Waals surface area contributed by atoms with Gasteiger partial charge in [0, 0.05) is 24.7 Å². The van der Waals surface area contributed by atoms with Gasteiger partial charge in [0.25, 0.3) is 0 Å². The number of nitrogens with zero attached hydrogens (tertiary/aromatic N) is 1. The number of aromatic nitrogens is 1. The minimum absolute atomic E-state index is 0.0328. The first-order valence-corrected chi connectivity index (χ1v) is 8.45. The molecule has 2 aromatic rings. The number of hydrogen-bond donors (Lipinski definition) is 1. The molecule has 0 unspecified atom stereocenters. The monoisotopic (exact) mass is 314 g/mol. The van der Waals surface area contributed by atoms with Gasteiger partial charge in [0.1, 0.15) is 5.75 Å². The molecule has 3 rings (SSSR count). The summed E-state index contributed by atoms with van der Waals surface area (Å²) in [6.45, 7) is 3.34. The molecule has 0 amide bonds. The van der Waals surface area contributed by atoms with Gasteiger partial charge < -0.3 is 14.8 Å². The lowest BCUT2D eigenvalue weighted by atomic mass is 9.87. The Kier molecular flexibility index (Phi) is 5.13. The van der Waals surface area contributed by atoms with Crippen molar-refractivity contribution in [2.45, 2.75) is 38.3 Å². The Balaban J connectivity index is 1.93. The molecular weight excluding hydrogens is 288 g/mol. The van der Waals surface area contributed by atoms with Gasteiger partial charge in [-0.3, -0.25) is 4.98 Å². The third-order valence-electron chi connectivity index (χ3n) is 5.04. The summed E-state index contributed by atoms with van der Waals surface area (Å²) in [6, 6.07) is 8.43. The highest BCUT2D eigenvalue weighted by molar-refractivity contribution is 5.84. The van der Waals surface area contributed by atoms with Crippen LogP contribution in [-0.2, 0) is 4.74 Å². The van der Waals surface area contributed by atoms with Gasteiger partial charge in [-0.1, -0.05) is 13.3 Å². The highest BCUT2D eigenvalue weighted by Crippen LogP contribution is 2.33. The fraction of sp³-hybridized carbons (Fsp3) is 0.526. The molecule has 3 atom stereocenters. The molecule has 4 nitrogen and oxygen atoms in total. The van der Waals surface area contributed by atoms with Gasteiger partial charge in [-0.25, -0.2) is 0 Å². The third-order valence-corrected chi connectivity index (χ3v) is 5.04. The molecule has 124 valence electrons. The minimum atomic E-state index is 0.0328. The van der Waals surface area contributed by atoms with Crippen LogP contribution in [0.2, 0.25) is 0 Å². The Morgan fingerprint density at radius 2 is 2.13 bits per heavy atom. The second-order valence-electron chi connectivity index (χ2n) is 6.31. The molecule has 1 aromatic carbocycles. The number of hydrogen-bond acceptors (Lipinski definition) is 4. The average Bonchev–Trinajstić information content (AvgIpc) is 2.62. The molecule has 0 spiro atoms. The van der Waals surface area contributed by atoms with Crippen LogP contribution in [-0.4, -0.2) is 31.8 Å². The predicted molar refractivity (Wildman–Crippen MR) is 92.9 cm³/mol. The lowest BCUT2D eigenvalue weighted by molar-refractivity contribution is 0.0531. The van der Waals surface area contributed by atoms with Crippen LogP contribution < -0.4 is 10.1 Å². The molecule has 23 heavy (non-hydrogen) atoms. The van der Waals surface area contributed by atoms with Crippen molar-refractivity contribution < 1.29 is 9.47 Å². The molecule has 4 heteroatoms. The van der Waals surface area contributed by atoms with Crippen LogP contribution >= 0.6 is 0 Å². The lowest BCUT2D eigenvalue weighted by Gasteiger charge is -2.34. The number of nitrogens with one attached hydrogen (secondary N) is 1. The Bertz CT molecular complexity index is 651. The largest absolute Gasteiger partial charge is 0.497 e. The van der Waals surface area contributed by atoms with Crippen molar-refractivity contribution in [3.05, 3.63) is 36.0 Å². The summed E-state index contributed by atoms with van der Waals surface area (Å²) in [4.78, 5) is 4.47. The number of methoxy groups -OCH3 is 2. The number of pyridine rings is 1. The molecule has 0 bridgehead atoms. The van der Waals surface area contributed by atoms with E-state index in [0.717, 1.165) is 35.5 Å². The molecule has 1 N–H and O–H groups in total. The highest BCUT2D eigenvalue weighted by atomic mass is 16.5. The molecule has 0 aliphatic carbocycles. The zero-order chi connectivity index (χ0) is 16.2. The number of benzene rings is 1. The van der Waals surface area contributed by atoms with Gasteiger partial charge in [0.2, 0.25) is 0 Å². The van der Waals surface area contributed by atoms with E-state index in [1.54, 1.807) is 14.2 Å². The van der Waals surface area contributed by atoms with Crippen LogP contribution in [0, 0.1) is 5.92 Å². The Morgan fingerprint density at radius 1 is 1.26 bits per heavy atom. The van der Waals surface area contributed by atoms with E-state index in [1.807, 2.05) is 18.3 Å². The summed E-state index contributed by atoms with van der Waals surface area (Å²) in [5.74, 6) is 1.64. The summed E-state index contributed by atoms with van der Waals surface area (Å²) in [7, 11) is 3.49. The quantitative estimate of drug-likeness (QED) is 0.913. The van der Waals surface area contributed by atoms with E-state index in [0.29, 0.717) is 6.04 Å². The third kappa shape index (κ3) is 3.33. The zero-order valence-electron chi connectivity index (χ0n) is 14.2. The first-order chi connectivity index (χ1) is 11.3. The summed E-state index contributed by atoms with van der Waals surface area (Å²) < 4.78 is 11.3. The SMILES string of the molecule is CC[C@@H]1CC[C@@H]([C@H](OC)c2ccnc3ccc(OC)cc23)NC1. The first-order valence-electron chi connectivity index (χ1n) is 8.45. The maximum Gasteiger partial charge on any atom is 0.119 e. The zero-order valence-corrected chi connectivity index (χ0v) is 14.2. The number of rotatable bonds is 5. The Hall–Kier alpha value is -1.65. The molecular formula is C19H26N2O2. The molecule has 0 saturated carbocycles. The van der Waals surface area contributed by atoms with Crippen molar-refractivity contribution in [1.82, 2.24) is 10.3 Å². The van der Waals surface area contributed by atoms with Crippen LogP contribution in [0.15, 0.2) is 30.5 Å². The smallest absolute Gasteiger partial charge is 0.119 e.